The average Bonchev–Trinajstić information content (AvgIpc) is 1.54. The second kappa shape index (κ2) is 36.9. The Labute approximate surface area is 841 Å². The number of hydrogen-bond acceptors (Lipinski definition) is 12. The summed E-state index contributed by atoms with van der Waals surface area (Å²) in [4.78, 5) is 32.8. The summed E-state index contributed by atoms with van der Waals surface area (Å²) in [7, 11) is -15.8. The molecule has 0 aliphatic carbocycles. The molecule has 0 saturated heterocycles. The molecule has 0 fully saturated rings. The molecule has 16 bridgehead atoms. The summed E-state index contributed by atoms with van der Waals surface area (Å²) in [6.07, 6.45) is -21.1. The normalized spacial score (nSPS) is 13.4. The van der Waals surface area contributed by atoms with E-state index in [1.54, 1.807) is 170 Å². The molecule has 150 heavy (non-hydrogen) atoms. The molecule has 0 spiro atoms. The lowest BCUT2D eigenvalue weighted by Gasteiger charge is -2.33. The quantitative estimate of drug-likeness (QED) is 0.0310. The van der Waals surface area contributed by atoms with Crippen LogP contribution in [0.4, 0.5) is 70.2 Å². The lowest BCUT2D eigenvalue weighted by molar-refractivity contribution is -0.447. The first-order valence-electron chi connectivity index (χ1n) is 46.1. The molecule has 0 saturated carbocycles. The number of rotatable bonds is 25. The van der Waals surface area contributed by atoms with E-state index in [2.05, 4.69) is 39.4 Å². The molecule has 34 heteroatoms. The SMILES string of the molecule is O=S(=O)(Oc1ccc2ccccc2c1-c1c(OS(=O)(=O)C(F)(F)C(F)(F)OC(F)(F)C(F)(F)C2=Cc3nc2c(-c2ccccc2)c2ccc([nH]2)c(-c2ccccc2)c2nc(c(-c4ccccc4)c4ccc([nH]4)c3-c3ccccc3)C=C2)ccc2ccccc12)C(F)(F)C(F)(F)OC(F)(F)C(F)(F)C1=Cc2nc1c(-c1ccccc1)c1ccc([nH]1)c(-c1ccccc1)c1nc(c(-c3ccccc3)c3ccc([nH]3)c2-c2ccccc2)C=C1. The Balaban J connectivity index is 0.630. The van der Waals surface area contributed by atoms with E-state index < -0.39 is 145 Å². The third-order valence-corrected chi connectivity index (χ3v) is 28.4. The van der Waals surface area contributed by atoms with Crippen LogP contribution >= 0.6 is 0 Å². The molecule has 12 aromatic carbocycles. The molecular formula is C116H70F16N8O8S2. The zero-order chi connectivity index (χ0) is 104. The van der Waals surface area contributed by atoms with E-state index in [1.165, 1.54) is 158 Å². The Kier molecular flexibility index (Phi) is 24.0. The van der Waals surface area contributed by atoms with E-state index in [1.807, 2.05) is 0 Å². The van der Waals surface area contributed by atoms with Gasteiger partial charge in [0.15, 0.2) is 11.5 Å². The van der Waals surface area contributed by atoms with Gasteiger partial charge in [-0.25, -0.2) is 29.4 Å². The van der Waals surface area contributed by atoms with Crippen LogP contribution in [-0.4, -0.2) is 103 Å². The van der Waals surface area contributed by atoms with Crippen molar-refractivity contribution < 1.29 is 105 Å². The highest BCUT2D eigenvalue weighted by atomic mass is 32.2. The topological polar surface area (TPSA) is 220 Å². The number of nitrogens with one attached hydrogen (secondary N) is 4. The first kappa shape index (κ1) is 97.4. The van der Waals surface area contributed by atoms with Crippen molar-refractivity contribution in [3.63, 3.8) is 0 Å². The van der Waals surface area contributed by atoms with Crippen LogP contribution < -0.4 is 8.37 Å². The summed E-state index contributed by atoms with van der Waals surface area (Å²) in [6.45, 7) is 0. The van der Waals surface area contributed by atoms with Gasteiger partial charge in [0, 0.05) is 99.8 Å². The van der Waals surface area contributed by atoms with Gasteiger partial charge in [0.2, 0.25) is 0 Å². The van der Waals surface area contributed by atoms with Crippen LogP contribution in [0.25, 0.3) is 213 Å². The fourth-order valence-electron chi connectivity index (χ4n) is 19.0. The highest BCUT2D eigenvalue weighted by molar-refractivity contribution is 7.88. The van der Waals surface area contributed by atoms with Gasteiger partial charge in [0.1, 0.15) is 0 Å². The van der Waals surface area contributed by atoms with Crippen molar-refractivity contribution in [2.45, 2.75) is 46.8 Å². The van der Waals surface area contributed by atoms with Gasteiger partial charge >= 0.3 is 67.0 Å². The molecule has 16 nitrogen and oxygen atoms in total. The number of fused-ring (bicyclic) bond motifs is 18. The van der Waals surface area contributed by atoms with Crippen molar-refractivity contribution in [1.82, 2.24) is 39.9 Å². The Morgan fingerprint density at radius 3 is 0.673 bits per heavy atom. The lowest BCUT2D eigenvalue weighted by atomic mass is 9.92. The Hall–Kier alpha value is -17.3. The van der Waals surface area contributed by atoms with Gasteiger partial charge in [0.25, 0.3) is 0 Å². The summed E-state index contributed by atoms with van der Waals surface area (Å²) < 4.78 is 359. The minimum Gasteiger partial charge on any atom is -0.377 e. The third-order valence-electron chi connectivity index (χ3n) is 25.9. The van der Waals surface area contributed by atoms with Crippen LogP contribution in [0.2, 0.25) is 0 Å². The molecule has 6 aromatic heterocycles. The van der Waals surface area contributed by atoms with Crippen molar-refractivity contribution in [3.8, 4) is 112 Å². The predicted molar refractivity (Wildman–Crippen MR) is 547 cm³/mol. The summed E-state index contributed by atoms with van der Waals surface area (Å²) in [5, 5.41) is -16.3. The zero-order valence-corrected chi connectivity index (χ0v) is 78.7. The number of aromatic amines is 4. The average molecular weight is 2070 g/mol. The maximum absolute atomic E-state index is 18.5. The van der Waals surface area contributed by atoms with Crippen LogP contribution in [-0.2, 0) is 29.7 Å². The molecule has 746 valence electrons. The Morgan fingerprint density at radius 2 is 0.427 bits per heavy atom. The molecule has 10 heterocycles. The fraction of sp³-hybridized carbons (Fsp3) is 0.0690. The van der Waals surface area contributed by atoms with Crippen molar-refractivity contribution in [3.05, 3.63) is 410 Å². The molecule has 4 aliphatic rings. The number of alkyl halides is 16. The van der Waals surface area contributed by atoms with E-state index in [4.69, 9.17) is 18.3 Å². The summed E-state index contributed by atoms with van der Waals surface area (Å²) >= 11 is 0. The molecule has 0 atom stereocenters. The molecule has 0 unspecified atom stereocenters. The second-order valence-corrected chi connectivity index (χ2v) is 38.3. The molecule has 4 N–H and O–H groups in total. The number of benzene rings is 12. The van der Waals surface area contributed by atoms with Crippen molar-refractivity contribution in [2.24, 2.45) is 0 Å². The summed E-state index contributed by atoms with van der Waals surface area (Å²) in [5.41, 5.74) is -4.01. The van der Waals surface area contributed by atoms with Gasteiger partial charge in [-0.1, -0.05) is 303 Å². The number of nitrogens with zero attached hydrogens (tertiary/aromatic N) is 4. The van der Waals surface area contributed by atoms with Crippen LogP contribution in [0.15, 0.2) is 364 Å². The number of aromatic nitrogens is 8. The Morgan fingerprint density at radius 1 is 0.213 bits per heavy atom. The monoisotopic (exact) mass is 2070 g/mol. The molecule has 22 rings (SSSR count). The van der Waals surface area contributed by atoms with E-state index in [0.29, 0.717) is 103 Å². The maximum atomic E-state index is 18.5. The fourth-order valence-corrected chi connectivity index (χ4v) is 20.6. The number of halogens is 16. The van der Waals surface area contributed by atoms with Gasteiger partial charge in [-0.05, 0) is 163 Å². The maximum Gasteiger partial charge on any atom is 0.471 e. The number of ether oxygens (including phenoxy) is 2. The van der Waals surface area contributed by atoms with Crippen LogP contribution in [0, 0.1) is 0 Å². The second-order valence-electron chi connectivity index (χ2n) is 35.2. The number of H-pyrrole nitrogens is 4. The van der Waals surface area contributed by atoms with Gasteiger partial charge in [-0.15, -0.1) is 0 Å². The van der Waals surface area contributed by atoms with E-state index in [-0.39, 0.29) is 77.3 Å². The predicted octanol–water partition coefficient (Wildman–Crippen LogP) is 31.4. The van der Waals surface area contributed by atoms with Crippen molar-refractivity contribution >= 4 is 134 Å². The molecule has 18 aromatic rings. The highest BCUT2D eigenvalue weighted by Gasteiger charge is 2.78. The van der Waals surface area contributed by atoms with E-state index in [9.17, 15) is 16.8 Å². The molecule has 0 amide bonds. The lowest BCUT2D eigenvalue weighted by Crippen LogP contribution is -2.57. The van der Waals surface area contributed by atoms with Crippen molar-refractivity contribution in [1.29, 1.82) is 0 Å². The van der Waals surface area contributed by atoms with Gasteiger partial charge in [-0.2, -0.15) is 87.1 Å². The van der Waals surface area contributed by atoms with E-state index >= 15 is 70.2 Å². The summed E-state index contributed by atoms with van der Waals surface area (Å²) in [5.74, 6) is -16.2. The van der Waals surface area contributed by atoms with Gasteiger partial charge in [0.05, 0.1) is 56.7 Å². The standard InChI is InChI=1S/C116H70F16N8O8S2/c117-109(118,79-65-93-101(73-39-17-5-18-40-73)89-57-55-85(135-89)97(69-31-9-1-10-32-69)81-51-53-83(133-81)99(71-35-13-3-14-36-71)87-59-61-91(137-87)103(107(79)139-93)75-43-21-7-22-44-75)111(121,122)147-113(125,126)115(129,130)149(141,142)145-95-63-49-67-29-25-27-47-77(67)105(95)106-78-48-28-26-30-68(78)50-64-96(106)146-150(143,144)116(131,132)114(127,128)148-112(123,124)110(119,120)80-66-94-102(74-41-19-6-20-42-74)90-58-56-86(136-90)98(70-33-11-2-12-34-70)82-52-54-84(134-82)100(72-37-15-4-16-38-72)88-60-62-92(138-88)104(108(80)140-94)76-45-23-8-24-46-76/h1-66,135-138H. The largest absolute Gasteiger partial charge is 0.471 e. The smallest absolute Gasteiger partial charge is 0.377 e. The van der Waals surface area contributed by atoms with Crippen LogP contribution in [0.5, 0.6) is 11.5 Å². The number of hydrogen-bond donors (Lipinski definition) is 4. The van der Waals surface area contributed by atoms with Crippen LogP contribution in [0.3, 0.4) is 0 Å². The van der Waals surface area contributed by atoms with Crippen molar-refractivity contribution in [2.75, 3.05) is 0 Å². The molecular weight excluding hydrogens is 2000 g/mol. The highest BCUT2D eigenvalue weighted by Crippen LogP contribution is 2.59. The minimum absolute atomic E-state index is 0.0580. The third kappa shape index (κ3) is 16.9. The zero-order valence-electron chi connectivity index (χ0n) is 77.0. The first-order chi connectivity index (χ1) is 71.9. The summed E-state index contributed by atoms with van der Waals surface area (Å²) in [6, 6.07) is 88.0. The first-order valence-corrected chi connectivity index (χ1v) is 48.9. The Bertz CT molecular complexity index is 8720. The van der Waals surface area contributed by atoms with Crippen LogP contribution in [0.1, 0.15) is 45.6 Å². The van der Waals surface area contributed by atoms with E-state index in [0.717, 1.165) is 48.5 Å². The minimum atomic E-state index is -7.92. The molecule has 0 radical (unpaired) electrons. The van der Waals surface area contributed by atoms with Gasteiger partial charge in [-0.3, -0.25) is 0 Å². The van der Waals surface area contributed by atoms with Gasteiger partial charge < -0.3 is 28.3 Å². The molecule has 4 aliphatic heterocycles.